The first kappa shape index (κ1) is 13.9. The van der Waals surface area contributed by atoms with Crippen LogP contribution in [0, 0.1) is 13.8 Å². The summed E-state index contributed by atoms with van der Waals surface area (Å²) in [6, 6.07) is -0.253. The molecule has 0 aliphatic carbocycles. The molecule has 1 aromatic heterocycles. The van der Waals surface area contributed by atoms with Crippen LogP contribution in [0.25, 0.3) is 0 Å². The molecule has 0 spiro atoms. The summed E-state index contributed by atoms with van der Waals surface area (Å²) in [4.78, 5) is 22.0. The molecule has 6 nitrogen and oxygen atoms in total. The van der Waals surface area contributed by atoms with Crippen molar-refractivity contribution in [3.63, 3.8) is 0 Å². The van der Waals surface area contributed by atoms with Gasteiger partial charge < -0.3 is 4.90 Å². The first-order chi connectivity index (χ1) is 8.82. The maximum absolute atomic E-state index is 12.4. The summed E-state index contributed by atoms with van der Waals surface area (Å²) in [5, 5.41) is 0. The van der Waals surface area contributed by atoms with E-state index in [1.54, 1.807) is 20.9 Å². The van der Waals surface area contributed by atoms with E-state index in [-0.39, 0.29) is 23.5 Å². The molecule has 1 amide bonds. The Kier molecular flexibility index (Phi) is 3.58. The third kappa shape index (κ3) is 2.75. The number of amides is 1. The summed E-state index contributed by atoms with van der Waals surface area (Å²) >= 11 is 0. The van der Waals surface area contributed by atoms with Gasteiger partial charge in [-0.2, -0.15) is 0 Å². The summed E-state index contributed by atoms with van der Waals surface area (Å²) in [5.41, 5.74) is 1.70. The Morgan fingerprint density at radius 2 is 1.89 bits per heavy atom. The standard InChI is InChI=1S/C12H17N3O3S/c1-8-11(9(2)14-7-13-8)12(16)15(3)10-4-5-19(17,18)6-10/h7,10H,4-6H2,1-3H3. The lowest BCUT2D eigenvalue weighted by Gasteiger charge is -2.24. The van der Waals surface area contributed by atoms with E-state index in [0.29, 0.717) is 23.4 Å². The Morgan fingerprint density at radius 1 is 1.32 bits per heavy atom. The number of aryl methyl sites for hydroxylation is 2. The molecule has 1 fully saturated rings. The van der Waals surface area contributed by atoms with Gasteiger partial charge in [0, 0.05) is 13.1 Å². The number of hydrogen-bond acceptors (Lipinski definition) is 5. The van der Waals surface area contributed by atoms with Crippen molar-refractivity contribution in [1.29, 1.82) is 0 Å². The second-order valence-corrected chi connectivity index (χ2v) is 7.12. The van der Waals surface area contributed by atoms with Crippen LogP contribution in [0.15, 0.2) is 6.33 Å². The van der Waals surface area contributed by atoms with Crippen LogP contribution in [0.3, 0.4) is 0 Å². The van der Waals surface area contributed by atoms with Gasteiger partial charge >= 0.3 is 0 Å². The van der Waals surface area contributed by atoms with Crippen molar-refractivity contribution in [3.05, 3.63) is 23.3 Å². The summed E-state index contributed by atoms with van der Waals surface area (Å²) in [6.07, 6.45) is 1.91. The molecule has 104 valence electrons. The molecule has 7 heteroatoms. The van der Waals surface area contributed by atoms with Crippen LogP contribution in [0.2, 0.25) is 0 Å². The van der Waals surface area contributed by atoms with Gasteiger partial charge in [-0.3, -0.25) is 4.79 Å². The van der Waals surface area contributed by atoms with Crippen LogP contribution in [0.1, 0.15) is 28.2 Å². The molecular formula is C12H17N3O3S. The van der Waals surface area contributed by atoms with Gasteiger partial charge in [0.15, 0.2) is 9.84 Å². The van der Waals surface area contributed by atoms with Gasteiger partial charge in [0.2, 0.25) is 0 Å². The highest BCUT2D eigenvalue weighted by molar-refractivity contribution is 7.91. The highest BCUT2D eigenvalue weighted by Gasteiger charge is 2.33. The summed E-state index contributed by atoms with van der Waals surface area (Å²) < 4.78 is 23.0. The molecule has 2 heterocycles. The highest BCUT2D eigenvalue weighted by atomic mass is 32.2. The van der Waals surface area contributed by atoms with E-state index in [1.807, 2.05) is 0 Å². The minimum absolute atomic E-state index is 0.0427. The van der Waals surface area contributed by atoms with Crippen molar-refractivity contribution in [2.75, 3.05) is 18.6 Å². The molecule has 1 unspecified atom stereocenters. The molecule has 0 bridgehead atoms. The lowest BCUT2D eigenvalue weighted by molar-refractivity contribution is 0.0745. The Bertz CT molecular complexity index is 592. The van der Waals surface area contributed by atoms with Crippen LogP contribution >= 0.6 is 0 Å². The number of hydrogen-bond donors (Lipinski definition) is 0. The third-order valence-electron chi connectivity index (χ3n) is 3.52. The molecule has 1 saturated heterocycles. The van der Waals surface area contributed by atoms with Crippen LogP contribution in [0.4, 0.5) is 0 Å². The van der Waals surface area contributed by atoms with Gasteiger partial charge in [0.05, 0.1) is 28.5 Å². The second kappa shape index (κ2) is 4.88. The molecule has 0 aromatic carbocycles. The molecule has 1 aliphatic heterocycles. The lowest BCUT2D eigenvalue weighted by Crippen LogP contribution is -2.38. The SMILES string of the molecule is Cc1ncnc(C)c1C(=O)N(C)C1CCS(=O)(=O)C1. The fourth-order valence-corrected chi connectivity index (χ4v) is 4.10. The van der Waals surface area contributed by atoms with Crippen LogP contribution in [-0.2, 0) is 9.84 Å². The van der Waals surface area contributed by atoms with Gasteiger partial charge in [-0.05, 0) is 20.3 Å². The molecule has 0 radical (unpaired) electrons. The van der Waals surface area contributed by atoms with E-state index >= 15 is 0 Å². The van der Waals surface area contributed by atoms with Crippen LogP contribution in [0.5, 0.6) is 0 Å². The van der Waals surface area contributed by atoms with E-state index in [0.717, 1.165) is 0 Å². The van der Waals surface area contributed by atoms with Crippen LogP contribution in [-0.4, -0.2) is 53.8 Å². The predicted molar refractivity (Wildman–Crippen MR) is 70.7 cm³/mol. The van der Waals surface area contributed by atoms with Gasteiger partial charge in [-0.15, -0.1) is 0 Å². The van der Waals surface area contributed by atoms with Gasteiger partial charge in [0.25, 0.3) is 5.91 Å². The molecule has 2 rings (SSSR count). The summed E-state index contributed by atoms with van der Waals surface area (Å²) in [6.45, 7) is 3.50. The van der Waals surface area contributed by atoms with Crippen molar-refractivity contribution >= 4 is 15.7 Å². The van der Waals surface area contributed by atoms with E-state index in [4.69, 9.17) is 0 Å². The second-order valence-electron chi connectivity index (χ2n) is 4.89. The molecule has 0 N–H and O–H groups in total. The number of aromatic nitrogens is 2. The zero-order valence-corrected chi connectivity index (χ0v) is 12.1. The zero-order chi connectivity index (χ0) is 14.2. The van der Waals surface area contributed by atoms with Gasteiger partial charge in [-0.1, -0.05) is 0 Å². The van der Waals surface area contributed by atoms with E-state index in [1.165, 1.54) is 11.2 Å². The van der Waals surface area contributed by atoms with Gasteiger partial charge in [0.1, 0.15) is 6.33 Å². The molecule has 1 aromatic rings. The number of nitrogens with zero attached hydrogens (tertiary/aromatic N) is 3. The first-order valence-electron chi connectivity index (χ1n) is 6.07. The quantitative estimate of drug-likeness (QED) is 0.782. The minimum atomic E-state index is -3.00. The average molecular weight is 283 g/mol. The molecule has 0 saturated carbocycles. The minimum Gasteiger partial charge on any atom is -0.338 e. The normalized spacial score (nSPS) is 21.3. The number of rotatable bonds is 2. The van der Waals surface area contributed by atoms with E-state index in [2.05, 4.69) is 9.97 Å². The largest absolute Gasteiger partial charge is 0.338 e. The fraction of sp³-hybridized carbons (Fsp3) is 0.583. The molecule has 19 heavy (non-hydrogen) atoms. The molecule has 1 aliphatic rings. The van der Waals surface area contributed by atoms with Crippen molar-refractivity contribution in [1.82, 2.24) is 14.9 Å². The Labute approximate surface area is 112 Å². The number of sulfone groups is 1. The van der Waals surface area contributed by atoms with E-state index in [9.17, 15) is 13.2 Å². The van der Waals surface area contributed by atoms with Crippen molar-refractivity contribution in [2.45, 2.75) is 26.3 Å². The number of carbonyl (C=O) groups is 1. The summed E-state index contributed by atoms with van der Waals surface area (Å²) in [5.74, 6) is -0.0164. The van der Waals surface area contributed by atoms with Crippen molar-refractivity contribution < 1.29 is 13.2 Å². The first-order valence-corrected chi connectivity index (χ1v) is 7.90. The Balaban J connectivity index is 2.25. The van der Waals surface area contributed by atoms with Gasteiger partial charge in [-0.25, -0.2) is 18.4 Å². The maximum Gasteiger partial charge on any atom is 0.257 e. The number of carbonyl (C=O) groups excluding carboxylic acids is 1. The lowest BCUT2D eigenvalue weighted by atomic mass is 10.1. The van der Waals surface area contributed by atoms with E-state index < -0.39 is 9.84 Å². The maximum atomic E-state index is 12.4. The fourth-order valence-electron chi connectivity index (χ4n) is 2.33. The monoisotopic (exact) mass is 283 g/mol. The van der Waals surface area contributed by atoms with Crippen LogP contribution < -0.4 is 0 Å². The Morgan fingerprint density at radius 3 is 2.37 bits per heavy atom. The topological polar surface area (TPSA) is 80.2 Å². The molecule has 1 atom stereocenters. The van der Waals surface area contributed by atoms with Crippen molar-refractivity contribution in [2.24, 2.45) is 0 Å². The highest BCUT2D eigenvalue weighted by Crippen LogP contribution is 2.20. The third-order valence-corrected chi connectivity index (χ3v) is 5.27. The molecular weight excluding hydrogens is 266 g/mol. The zero-order valence-electron chi connectivity index (χ0n) is 11.3. The average Bonchev–Trinajstić information content (AvgIpc) is 2.68. The smallest absolute Gasteiger partial charge is 0.257 e. The van der Waals surface area contributed by atoms with Crippen molar-refractivity contribution in [3.8, 4) is 0 Å². The predicted octanol–water partition coefficient (Wildman–Crippen LogP) is 0.353. The Hall–Kier alpha value is -1.50. The summed E-state index contributed by atoms with van der Waals surface area (Å²) in [7, 11) is -1.36.